The third-order valence-electron chi connectivity index (χ3n) is 5.50. The molecule has 1 amide bonds. The number of likely N-dealkylation sites (tertiary alicyclic amines) is 1. The Labute approximate surface area is 177 Å². The van der Waals surface area contributed by atoms with E-state index in [1.54, 1.807) is 4.90 Å². The molecule has 29 heavy (non-hydrogen) atoms. The third kappa shape index (κ3) is 3.74. The zero-order chi connectivity index (χ0) is 19.8. The van der Waals surface area contributed by atoms with E-state index in [2.05, 4.69) is 4.98 Å². The van der Waals surface area contributed by atoms with Crippen molar-refractivity contribution in [2.75, 3.05) is 18.1 Å². The number of rotatable bonds is 5. The minimum Gasteiger partial charge on any atom is -0.489 e. The summed E-state index contributed by atoms with van der Waals surface area (Å²) in [5, 5.41) is 11.7. The number of hydrogen-bond acceptors (Lipinski definition) is 6. The summed E-state index contributed by atoms with van der Waals surface area (Å²) in [5.74, 6) is 2.82. The average Bonchev–Trinajstić information content (AvgIpc) is 3.37. The van der Waals surface area contributed by atoms with Crippen molar-refractivity contribution in [3.8, 4) is 5.75 Å². The maximum atomic E-state index is 13.1. The van der Waals surface area contributed by atoms with E-state index in [9.17, 15) is 9.90 Å². The number of carbonyl (C=O) groups is 1. The molecule has 0 saturated carbocycles. The molecule has 2 saturated heterocycles. The van der Waals surface area contributed by atoms with Gasteiger partial charge in [-0.05, 0) is 49.2 Å². The number of amides is 1. The molecule has 2 aliphatic heterocycles. The lowest BCUT2D eigenvalue weighted by Crippen LogP contribution is -2.39. The van der Waals surface area contributed by atoms with Crippen LogP contribution in [0, 0.1) is 0 Å². The zero-order valence-corrected chi connectivity index (χ0v) is 17.5. The summed E-state index contributed by atoms with van der Waals surface area (Å²) in [4.78, 5) is 19.5. The SMILES string of the molecule is O=C(c1ccc(OC2CSC2)cc1)N1CCC[C@H]1[C@H](O)c1nc2ccccc2s1. The van der Waals surface area contributed by atoms with Crippen molar-refractivity contribution < 1.29 is 14.6 Å². The molecule has 2 fully saturated rings. The molecule has 2 atom stereocenters. The van der Waals surface area contributed by atoms with Gasteiger partial charge in [0.15, 0.2) is 0 Å². The molecule has 0 radical (unpaired) electrons. The highest BCUT2D eigenvalue weighted by Gasteiger charge is 2.36. The molecule has 3 heterocycles. The van der Waals surface area contributed by atoms with Gasteiger partial charge in [-0.15, -0.1) is 11.3 Å². The van der Waals surface area contributed by atoms with Crippen LogP contribution in [0.5, 0.6) is 5.75 Å². The Hall–Kier alpha value is -2.09. The highest BCUT2D eigenvalue weighted by molar-refractivity contribution is 8.00. The minimum atomic E-state index is -0.766. The normalized spacial score (nSPS) is 20.6. The Balaban J connectivity index is 1.32. The molecule has 0 spiro atoms. The van der Waals surface area contributed by atoms with Crippen molar-refractivity contribution in [2.45, 2.75) is 31.1 Å². The number of fused-ring (bicyclic) bond motifs is 1. The fourth-order valence-electron chi connectivity index (χ4n) is 3.87. The second kappa shape index (κ2) is 7.97. The lowest BCUT2D eigenvalue weighted by atomic mass is 10.1. The number of aromatic nitrogens is 1. The van der Waals surface area contributed by atoms with Crippen LogP contribution in [0.2, 0.25) is 0 Å². The van der Waals surface area contributed by atoms with Gasteiger partial charge in [0.1, 0.15) is 23.0 Å². The standard InChI is InChI=1S/C22H22N2O3S2/c25-20(21-23-17-4-1-2-6-19(17)29-21)18-5-3-11-24(18)22(26)14-7-9-15(10-8-14)27-16-12-28-13-16/h1-2,4,6-10,16,18,20,25H,3,5,11-13H2/t18-,20-/m0/s1. The minimum absolute atomic E-state index is 0.0431. The Morgan fingerprint density at radius 1 is 1.17 bits per heavy atom. The van der Waals surface area contributed by atoms with Crippen LogP contribution in [0.3, 0.4) is 0 Å². The summed E-state index contributed by atoms with van der Waals surface area (Å²) in [7, 11) is 0. The largest absolute Gasteiger partial charge is 0.489 e. The van der Waals surface area contributed by atoms with Gasteiger partial charge in [0.25, 0.3) is 5.91 Å². The lowest BCUT2D eigenvalue weighted by Gasteiger charge is -2.28. The molecule has 1 N–H and O–H groups in total. The van der Waals surface area contributed by atoms with Crippen LogP contribution in [0.1, 0.15) is 34.3 Å². The van der Waals surface area contributed by atoms with E-state index in [4.69, 9.17) is 4.74 Å². The van der Waals surface area contributed by atoms with Crippen molar-refractivity contribution in [1.29, 1.82) is 0 Å². The maximum Gasteiger partial charge on any atom is 0.254 e. The van der Waals surface area contributed by atoms with E-state index in [1.807, 2.05) is 60.3 Å². The first-order valence-corrected chi connectivity index (χ1v) is 11.8. The number of para-hydroxylation sites is 1. The smallest absolute Gasteiger partial charge is 0.254 e. The number of thiazole rings is 1. The summed E-state index contributed by atoms with van der Waals surface area (Å²) in [5.41, 5.74) is 1.52. The quantitative estimate of drug-likeness (QED) is 0.665. The van der Waals surface area contributed by atoms with Crippen LogP contribution >= 0.6 is 23.1 Å². The number of carbonyl (C=O) groups excluding carboxylic acids is 1. The average molecular weight is 427 g/mol. The fourth-order valence-corrected chi connectivity index (χ4v) is 5.45. The topological polar surface area (TPSA) is 62.7 Å². The van der Waals surface area contributed by atoms with E-state index in [-0.39, 0.29) is 18.1 Å². The number of benzene rings is 2. The highest BCUT2D eigenvalue weighted by Crippen LogP contribution is 2.34. The van der Waals surface area contributed by atoms with Gasteiger partial charge in [-0.25, -0.2) is 4.98 Å². The zero-order valence-electron chi connectivity index (χ0n) is 15.9. The molecule has 150 valence electrons. The summed E-state index contributed by atoms with van der Waals surface area (Å²) < 4.78 is 6.92. The van der Waals surface area contributed by atoms with E-state index < -0.39 is 6.10 Å². The van der Waals surface area contributed by atoms with E-state index in [1.165, 1.54) is 11.3 Å². The van der Waals surface area contributed by atoms with Crippen molar-refractivity contribution in [3.63, 3.8) is 0 Å². The predicted octanol–water partition coefficient (Wildman–Crippen LogP) is 4.13. The predicted molar refractivity (Wildman–Crippen MR) is 117 cm³/mol. The number of ether oxygens (including phenoxy) is 1. The van der Waals surface area contributed by atoms with Gasteiger partial charge in [-0.2, -0.15) is 11.8 Å². The molecule has 1 aromatic heterocycles. The van der Waals surface area contributed by atoms with E-state index in [0.717, 1.165) is 40.3 Å². The molecular formula is C22H22N2O3S2. The van der Waals surface area contributed by atoms with Gasteiger partial charge < -0.3 is 14.7 Å². The van der Waals surface area contributed by atoms with Crippen molar-refractivity contribution in [2.24, 2.45) is 0 Å². The van der Waals surface area contributed by atoms with Gasteiger partial charge in [0.2, 0.25) is 0 Å². The third-order valence-corrected chi connectivity index (χ3v) is 7.82. The molecular weight excluding hydrogens is 404 g/mol. The molecule has 0 aliphatic carbocycles. The molecule has 3 aromatic rings. The van der Waals surface area contributed by atoms with Crippen LogP contribution < -0.4 is 4.74 Å². The van der Waals surface area contributed by atoms with Crippen LogP contribution in [0.15, 0.2) is 48.5 Å². The summed E-state index contributed by atoms with van der Waals surface area (Å²) >= 11 is 3.38. The first kappa shape index (κ1) is 18.9. The van der Waals surface area contributed by atoms with Crippen LogP contribution in [-0.2, 0) is 0 Å². The second-order valence-electron chi connectivity index (χ2n) is 7.47. The van der Waals surface area contributed by atoms with Gasteiger partial charge in [0, 0.05) is 23.6 Å². The van der Waals surface area contributed by atoms with Crippen molar-refractivity contribution in [1.82, 2.24) is 9.88 Å². The Kier molecular flexibility index (Phi) is 5.20. The molecule has 2 aliphatic rings. The molecule has 0 bridgehead atoms. The lowest BCUT2D eigenvalue weighted by molar-refractivity contribution is 0.0486. The number of hydrogen-bond donors (Lipinski definition) is 1. The molecule has 0 unspecified atom stereocenters. The molecule has 7 heteroatoms. The van der Waals surface area contributed by atoms with E-state index in [0.29, 0.717) is 17.1 Å². The maximum absolute atomic E-state index is 13.1. The second-order valence-corrected chi connectivity index (χ2v) is 9.61. The van der Waals surface area contributed by atoms with Crippen molar-refractivity contribution >= 4 is 39.2 Å². The number of aliphatic hydroxyl groups excluding tert-OH is 1. The molecule has 5 nitrogen and oxygen atoms in total. The van der Waals surface area contributed by atoms with Crippen LogP contribution in [0.4, 0.5) is 0 Å². The monoisotopic (exact) mass is 426 g/mol. The highest BCUT2D eigenvalue weighted by atomic mass is 32.2. The van der Waals surface area contributed by atoms with Crippen molar-refractivity contribution in [3.05, 3.63) is 59.1 Å². The van der Waals surface area contributed by atoms with E-state index >= 15 is 0 Å². The Morgan fingerprint density at radius 3 is 2.69 bits per heavy atom. The van der Waals surface area contributed by atoms with Gasteiger partial charge >= 0.3 is 0 Å². The number of aliphatic hydroxyl groups is 1. The summed E-state index contributed by atoms with van der Waals surface area (Å²) in [6, 6.07) is 15.0. The first-order chi connectivity index (χ1) is 14.2. The van der Waals surface area contributed by atoms with Gasteiger partial charge in [0.05, 0.1) is 16.3 Å². The first-order valence-electron chi connectivity index (χ1n) is 9.88. The van der Waals surface area contributed by atoms with Gasteiger partial charge in [-0.1, -0.05) is 12.1 Å². The number of nitrogens with zero attached hydrogens (tertiary/aromatic N) is 2. The Bertz CT molecular complexity index is 983. The Morgan fingerprint density at radius 2 is 1.97 bits per heavy atom. The summed E-state index contributed by atoms with van der Waals surface area (Å²) in [6.07, 6.45) is 1.19. The fraction of sp³-hybridized carbons (Fsp3) is 0.364. The molecule has 5 rings (SSSR count). The summed E-state index contributed by atoms with van der Waals surface area (Å²) in [6.45, 7) is 0.656. The van der Waals surface area contributed by atoms with Gasteiger partial charge in [-0.3, -0.25) is 4.79 Å². The van der Waals surface area contributed by atoms with Crippen LogP contribution in [-0.4, -0.2) is 51.1 Å². The van der Waals surface area contributed by atoms with Crippen LogP contribution in [0.25, 0.3) is 10.2 Å². The number of thioether (sulfide) groups is 1. The molecule has 2 aromatic carbocycles.